The number of carbonyl (C=O) groups is 1. The quantitative estimate of drug-likeness (QED) is 0.701. The highest BCUT2D eigenvalue weighted by molar-refractivity contribution is 6.00. The van der Waals surface area contributed by atoms with Crippen molar-refractivity contribution in [1.82, 2.24) is 15.1 Å². The Morgan fingerprint density at radius 3 is 2.64 bits per heavy atom. The van der Waals surface area contributed by atoms with E-state index < -0.39 is 0 Å². The van der Waals surface area contributed by atoms with Crippen LogP contribution in [0.25, 0.3) is 11.3 Å². The lowest BCUT2D eigenvalue weighted by molar-refractivity contribution is 0.0687. The van der Waals surface area contributed by atoms with E-state index in [4.69, 9.17) is 4.74 Å². The monoisotopic (exact) mass is 377 g/mol. The zero-order valence-corrected chi connectivity index (χ0v) is 16.1. The van der Waals surface area contributed by atoms with Crippen molar-refractivity contribution in [2.45, 2.75) is 32.9 Å². The van der Waals surface area contributed by atoms with Gasteiger partial charge in [0.25, 0.3) is 5.91 Å². The summed E-state index contributed by atoms with van der Waals surface area (Å²) in [5.41, 5.74) is 3.97. The molecule has 1 atom stereocenters. The molecule has 1 unspecified atom stereocenters. The van der Waals surface area contributed by atoms with Crippen LogP contribution < -0.4 is 4.74 Å². The molecule has 6 heteroatoms. The number of phenols is 1. The summed E-state index contributed by atoms with van der Waals surface area (Å²) in [5, 5.41) is 17.5. The highest BCUT2D eigenvalue weighted by atomic mass is 16.5. The average Bonchev–Trinajstić information content (AvgIpc) is 3.24. The zero-order valence-electron chi connectivity index (χ0n) is 16.1. The summed E-state index contributed by atoms with van der Waals surface area (Å²) in [7, 11) is 0. The minimum atomic E-state index is -0.309. The Kier molecular flexibility index (Phi) is 4.55. The largest absolute Gasteiger partial charge is 0.504 e. The summed E-state index contributed by atoms with van der Waals surface area (Å²) in [5.74, 6) is 0.423. The van der Waals surface area contributed by atoms with Crippen LogP contribution in [0.2, 0.25) is 0 Å². The van der Waals surface area contributed by atoms with Gasteiger partial charge >= 0.3 is 0 Å². The summed E-state index contributed by atoms with van der Waals surface area (Å²) in [4.78, 5) is 15.0. The fourth-order valence-electron chi connectivity index (χ4n) is 3.81. The van der Waals surface area contributed by atoms with Crippen molar-refractivity contribution in [2.75, 3.05) is 6.61 Å². The molecule has 0 saturated carbocycles. The molecule has 1 aromatic heterocycles. The molecule has 2 aromatic carbocycles. The molecular formula is C22H23N3O3. The van der Waals surface area contributed by atoms with Gasteiger partial charge in [-0.15, -0.1) is 0 Å². The highest BCUT2D eigenvalue weighted by Crippen LogP contribution is 2.45. The van der Waals surface area contributed by atoms with E-state index in [9.17, 15) is 9.90 Å². The van der Waals surface area contributed by atoms with E-state index >= 15 is 0 Å². The molecule has 4 rings (SSSR count). The fourth-order valence-corrected chi connectivity index (χ4v) is 3.81. The molecule has 28 heavy (non-hydrogen) atoms. The SMILES string of the molecule is CCOc1cc(C2c3c(-c4ccccc4)n[nH]c3C(=O)N2C(C)C)ccc1O. The number of aromatic hydroxyl groups is 1. The van der Waals surface area contributed by atoms with Gasteiger partial charge in [-0.1, -0.05) is 36.4 Å². The maximum atomic E-state index is 13.1. The standard InChI is InChI=1S/C22H23N3O3/c1-4-28-17-12-15(10-11-16(17)26)21-18-19(14-8-6-5-7-9-14)23-24-20(18)22(27)25(21)13(2)3/h5-13,21,26H,4H2,1-3H3,(H,23,24). The number of carbonyl (C=O) groups excluding carboxylic acids is 1. The van der Waals surface area contributed by atoms with Crippen LogP contribution in [0, 0.1) is 0 Å². The van der Waals surface area contributed by atoms with Gasteiger partial charge in [-0.05, 0) is 38.5 Å². The van der Waals surface area contributed by atoms with Gasteiger partial charge < -0.3 is 14.7 Å². The Hall–Kier alpha value is -3.28. The second-order valence-electron chi connectivity index (χ2n) is 7.10. The van der Waals surface area contributed by atoms with Gasteiger partial charge in [0.05, 0.1) is 18.3 Å². The normalized spacial score (nSPS) is 15.9. The van der Waals surface area contributed by atoms with Gasteiger partial charge in [0.2, 0.25) is 0 Å². The van der Waals surface area contributed by atoms with Crippen LogP contribution in [-0.4, -0.2) is 38.8 Å². The molecule has 0 bridgehead atoms. The third kappa shape index (κ3) is 2.81. The molecule has 0 saturated heterocycles. The first-order valence-electron chi connectivity index (χ1n) is 9.45. The number of amides is 1. The van der Waals surface area contributed by atoms with Crippen LogP contribution in [0.3, 0.4) is 0 Å². The molecule has 0 aliphatic carbocycles. The number of hydrogen-bond donors (Lipinski definition) is 2. The lowest BCUT2D eigenvalue weighted by atomic mass is 9.95. The molecule has 2 N–H and O–H groups in total. The number of aromatic nitrogens is 2. The first kappa shape index (κ1) is 18.1. The number of rotatable bonds is 5. The van der Waals surface area contributed by atoms with Crippen LogP contribution in [0.1, 0.15) is 48.4 Å². The number of hydrogen-bond acceptors (Lipinski definition) is 4. The zero-order chi connectivity index (χ0) is 19.8. The predicted octanol–water partition coefficient (Wildman–Crippen LogP) is 4.13. The number of phenolic OH excluding ortho intramolecular Hbond substituents is 1. The Labute approximate surface area is 163 Å². The fraction of sp³-hybridized carbons (Fsp3) is 0.273. The van der Waals surface area contributed by atoms with Crippen molar-refractivity contribution in [3.8, 4) is 22.8 Å². The Morgan fingerprint density at radius 1 is 1.21 bits per heavy atom. The van der Waals surface area contributed by atoms with E-state index in [2.05, 4.69) is 10.2 Å². The van der Waals surface area contributed by atoms with Crippen molar-refractivity contribution < 1.29 is 14.6 Å². The molecule has 3 aromatic rings. The van der Waals surface area contributed by atoms with Crippen molar-refractivity contribution in [3.05, 3.63) is 65.4 Å². The van der Waals surface area contributed by atoms with E-state index in [1.54, 1.807) is 6.07 Å². The number of benzene rings is 2. The molecule has 0 fully saturated rings. The lowest BCUT2D eigenvalue weighted by Gasteiger charge is -2.30. The van der Waals surface area contributed by atoms with Gasteiger partial charge in [-0.3, -0.25) is 9.89 Å². The second kappa shape index (κ2) is 7.03. The third-order valence-electron chi connectivity index (χ3n) is 5.01. The predicted molar refractivity (Wildman–Crippen MR) is 106 cm³/mol. The summed E-state index contributed by atoms with van der Waals surface area (Å²) in [6.07, 6.45) is 0. The summed E-state index contributed by atoms with van der Waals surface area (Å²) in [6, 6.07) is 14.8. The Morgan fingerprint density at radius 2 is 1.96 bits per heavy atom. The van der Waals surface area contributed by atoms with Gasteiger partial charge in [0.1, 0.15) is 5.69 Å². The number of nitrogens with zero attached hydrogens (tertiary/aromatic N) is 2. The summed E-state index contributed by atoms with van der Waals surface area (Å²) >= 11 is 0. The van der Waals surface area contributed by atoms with E-state index in [-0.39, 0.29) is 23.7 Å². The molecule has 0 radical (unpaired) electrons. The Bertz CT molecular complexity index is 1010. The summed E-state index contributed by atoms with van der Waals surface area (Å²) in [6.45, 7) is 6.31. The van der Waals surface area contributed by atoms with Crippen LogP contribution in [-0.2, 0) is 0 Å². The molecular weight excluding hydrogens is 354 g/mol. The molecule has 1 aliphatic heterocycles. The first-order valence-corrected chi connectivity index (χ1v) is 9.45. The number of ether oxygens (including phenoxy) is 1. The van der Waals surface area contributed by atoms with Crippen LogP contribution in [0.15, 0.2) is 48.5 Å². The van der Waals surface area contributed by atoms with Crippen molar-refractivity contribution in [1.29, 1.82) is 0 Å². The molecule has 1 aliphatic rings. The molecule has 6 nitrogen and oxygen atoms in total. The molecule has 2 heterocycles. The maximum absolute atomic E-state index is 13.1. The van der Waals surface area contributed by atoms with Crippen LogP contribution in [0.4, 0.5) is 0 Å². The molecule has 0 spiro atoms. The lowest BCUT2D eigenvalue weighted by Crippen LogP contribution is -2.35. The average molecular weight is 377 g/mol. The van der Waals surface area contributed by atoms with E-state index in [1.807, 2.05) is 68.1 Å². The molecule has 144 valence electrons. The third-order valence-corrected chi connectivity index (χ3v) is 5.01. The number of H-pyrrole nitrogens is 1. The molecule has 1 amide bonds. The number of aromatic amines is 1. The number of fused-ring (bicyclic) bond motifs is 1. The van der Waals surface area contributed by atoms with Gasteiger partial charge in [0.15, 0.2) is 11.5 Å². The smallest absolute Gasteiger partial charge is 0.273 e. The summed E-state index contributed by atoms with van der Waals surface area (Å²) < 4.78 is 5.57. The van der Waals surface area contributed by atoms with Crippen LogP contribution >= 0.6 is 0 Å². The number of nitrogens with one attached hydrogen (secondary N) is 1. The van der Waals surface area contributed by atoms with Crippen molar-refractivity contribution >= 4 is 5.91 Å². The Balaban J connectivity index is 1.90. The van der Waals surface area contributed by atoms with Gasteiger partial charge in [0, 0.05) is 17.2 Å². The topological polar surface area (TPSA) is 78.5 Å². The minimum Gasteiger partial charge on any atom is -0.504 e. The first-order chi connectivity index (χ1) is 13.5. The van der Waals surface area contributed by atoms with Crippen molar-refractivity contribution in [3.63, 3.8) is 0 Å². The second-order valence-corrected chi connectivity index (χ2v) is 7.10. The van der Waals surface area contributed by atoms with Gasteiger partial charge in [-0.25, -0.2) is 0 Å². The maximum Gasteiger partial charge on any atom is 0.273 e. The van der Waals surface area contributed by atoms with Gasteiger partial charge in [-0.2, -0.15) is 5.10 Å². The van der Waals surface area contributed by atoms with Crippen molar-refractivity contribution in [2.24, 2.45) is 0 Å². The van der Waals surface area contributed by atoms with E-state index in [0.29, 0.717) is 18.1 Å². The minimum absolute atomic E-state index is 0.00808. The van der Waals surface area contributed by atoms with E-state index in [0.717, 1.165) is 22.4 Å². The highest BCUT2D eigenvalue weighted by Gasteiger charge is 2.43. The van der Waals surface area contributed by atoms with Crippen LogP contribution in [0.5, 0.6) is 11.5 Å². The van der Waals surface area contributed by atoms with E-state index in [1.165, 1.54) is 0 Å².